The van der Waals surface area contributed by atoms with Crippen molar-refractivity contribution in [1.29, 1.82) is 0 Å². The molecule has 8 heteroatoms. The third kappa shape index (κ3) is 5.93. The molecule has 1 amide bonds. The van der Waals surface area contributed by atoms with Gasteiger partial charge in [-0.3, -0.25) is 4.79 Å². The first kappa shape index (κ1) is 24.6. The molecule has 0 heterocycles. The number of carbonyl (C=O) groups excluding carboxylic acids is 1. The number of aromatic hydroxyl groups is 1. The predicted octanol–water partition coefficient (Wildman–Crippen LogP) is 6.70. The van der Waals surface area contributed by atoms with Gasteiger partial charge in [0.05, 0.1) is 18.4 Å². The molecule has 0 spiro atoms. The fourth-order valence-corrected chi connectivity index (χ4v) is 4.05. The summed E-state index contributed by atoms with van der Waals surface area (Å²) in [5.41, 5.74) is 4.13. The van der Waals surface area contributed by atoms with E-state index in [1.165, 1.54) is 6.21 Å². The van der Waals surface area contributed by atoms with Gasteiger partial charge in [0, 0.05) is 20.6 Å². The fraction of sp³-hybridized carbons (Fsp3) is 0.111. The molecule has 0 saturated carbocycles. The minimum Gasteiger partial charge on any atom is -0.507 e. The summed E-state index contributed by atoms with van der Waals surface area (Å²) in [5, 5.41) is 16.6. The Kier molecular flexibility index (Phi) is 7.90. The molecule has 0 unspecified atom stereocenters. The monoisotopic (exact) mass is 552 g/mol. The lowest BCUT2D eigenvalue weighted by molar-refractivity contribution is 0.0952. The summed E-state index contributed by atoms with van der Waals surface area (Å²) in [6.45, 7) is 2.60. The molecule has 6 nitrogen and oxygen atoms in total. The normalized spacial score (nSPS) is 11.1. The Labute approximate surface area is 216 Å². The molecule has 0 saturated heterocycles. The molecule has 0 aromatic heterocycles. The van der Waals surface area contributed by atoms with Gasteiger partial charge in [-0.2, -0.15) is 5.10 Å². The van der Waals surface area contributed by atoms with Crippen molar-refractivity contribution in [2.45, 2.75) is 13.5 Å². The minimum absolute atomic E-state index is 0.115. The average Bonchev–Trinajstić information content (AvgIpc) is 2.85. The SMILES string of the molecule is CCOc1cc(C=NNC(=O)c2cc3ccccc3cc2O)c(Br)cc1OCc1ccccc1Cl. The number of rotatable bonds is 8. The van der Waals surface area contributed by atoms with Gasteiger partial charge >= 0.3 is 0 Å². The topological polar surface area (TPSA) is 80.2 Å². The van der Waals surface area contributed by atoms with Crippen LogP contribution in [0.4, 0.5) is 0 Å². The van der Waals surface area contributed by atoms with Gasteiger partial charge in [0.2, 0.25) is 0 Å². The summed E-state index contributed by atoms with van der Waals surface area (Å²) in [6.07, 6.45) is 1.49. The smallest absolute Gasteiger partial charge is 0.275 e. The molecule has 178 valence electrons. The molecule has 35 heavy (non-hydrogen) atoms. The van der Waals surface area contributed by atoms with Crippen molar-refractivity contribution in [1.82, 2.24) is 5.43 Å². The highest BCUT2D eigenvalue weighted by Crippen LogP contribution is 2.34. The van der Waals surface area contributed by atoms with E-state index in [1.54, 1.807) is 24.3 Å². The van der Waals surface area contributed by atoms with E-state index < -0.39 is 5.91 Å². The molecule has 4 rings (SSSR count). The molecular formula is C27H22BrClN2O4. The molecular weight excluding hydrogens is 532 g/mol. The molecule has 2 N–H and O–H groups in total. The molecule has 0 aliphatic heterocycles. The highest BCUT2D eigenvalue weighted by molar-refractivity contribution is 9.10. The van der Waals surface area contributed by atoms with E-state index in [9.17, 15) is 9.90 Å². The highest BCUT2D eigenvalue weighted by atomic mass is 79.9. The van der Waals surface area contributed by atoms with Crippen molar-refractivity contribution in [2.24, 2.45) is 5.10 Å². The summed E-state index contributed by atoms with van der Waals surface area (Å²) >= 11 is 9.74. The van der Waals surface area contributed by atoms with Crippen LogP contribution in [0.15, 0.2) is 82.4 Å². The first-order valence-corrected chi connectivity index (χ1v) is 12.0. The van der Waals surface area contributed by atoms with Crippen molar-refractivity contribution in [3.8, 4) is 17.2 Å². The van der Waals surface area contributed by atoms with Crippen molar-refractivity contribution in [3.63, 3.8) is 0 Å². The quantitative estimate of drug-likeness (QED) is 0.188. The Morgan fingerprint density at radius 3 is 2.46 bits per heavy atom. The number of halogens is 2. The van der Waals surface area contributed by atoms with E-state index in [1.807, 2.05) is 55.5 Å². The van der Waals surface area contributed by atoms with Crippen LogP contribution in [0.25, 0.3) is 10.8 Å². The zero-order valence-electron chi connectivity index (χ0n) is 18.8. The van der Waals surface area contributed by atoms with Gasteiger partial charge in [0.1, 0.15) is 12.4 Å². The van der Waals surface area contributed by atoms with Crippen LogP contribution in [-0.4, -0.2) is 23.8 Å². The summed E-state index contributed by atoms with van der Waals surface area (Å²) < 4.78 is 12.4. The first-order chi connectivity index (χ1) is 17.0. The van der Waals surface area contributed by atoms with Crippen LogP contribution < -0.4 is 14.9 Å². The van der Waals surface area contributed by atoms with Crippen LogP contribution in [0.5, 0.6) is 17.2 Å². The van der Waals surface area contributed by atoms with Crippen LogP contribution in [0, 0.1) is 0 Å². The zero-order chi connectivity index (χ0) is 24.8. The molecule has 4 aromatic rings. The Hall–Kier alpha value is -3.55. The summed E-state index contributed by atoms with van der Waals surface area (Å²) in [4.78, 5) is 12.6. The number of ether oxygens (including phenoxy) is 2. The van der Waals surface area contributed by atoms with E-state index in [-0.39, 0.29) is 17.9 Å². The maximum Gasteiger partial charge on any atom is 0.275 e. The number of nitrogens with zero attached hydrogens (tertiary/aromatic N) is 1. The van der Waals surface area contributed by atoms with Crippen molar-refractivity contribution >= 4 is 50.4 Å². The van der Waals surface area contributed by atoms with Crippen molar-refractivity contribution < 1.29 is 19.4 Å². The second-order valence-corrected chi connectivity index (χ2v) is 8.81. The lowest BCUT2D eigenvalue weighted by atomic mass is 10.1. The molecule has 4 aromatic carbocycles. The van der Waals surface area contributed by atoms with Gasteiger partial charge in [-0.15, -0.1) is 0 Å². The van der Waals surface area contributed by atoms with E-state index in [0.29, 0.717) is 33.2 Å². The standard InChI is InChI=1S/C27H22BrClN2O4/c1-2-34-25-13-20(22(28)14-26(25)35-16-19-9-5-6-10-23(19)29)15-30-31-27(33)21-11-17-7-3-4-8-18(17)12-24(21)32/h3-15,32H,2,16H2,1H3,(H,31,33). The lowest BCUT2D eigenvalue weighted by Gasteiger charge is -2.14. The maximum absolute atomic E-state index is 12.6. The van der Waals surface area contributed by atoms with Gasteiger partial charge in [-0.05, 0) is 64.0 Å². The Bertz CT molecular complexity index is 1410. The molecule has 0 fully saturated rings. The second kappa shape index (κ2) is 11.3. The Morgan fingerprint density at radius 1 is 1.03 bits per heavy atom. The number of hydrazone groups is 1. The number of phenolic OH excluding ortho intramolecular Hbond substituents is 1. The van der Waals surface area contributed by atoms with E-state index in [2.05, 4.69) is 26.5 Å². The van der Waals surface area contributed by atoms with Crippen LogP contribution in [-0.2, 0) is 6.61 Å². The maximum atomic E-state index is 12.6. The largest absolute Gasteiger partial charge is 0.507 e. The van der Waals surface area contributed by atoms with Gasteiger partial charge in [-0.25, -0.2) is 5.43 Å². The fourth-order valence-electron chi connectivity index (χ4n) is 3.43. The van der Waals surface area contributed by atoms with Gasteiger partial charge in [0.15, 0.2) is 11.5 Å². The van der Waals surface area contributed by atoms with E-state index in [0.717, 1.165) is 16.3 Å². The van der Waals surface area contributed by atoms with Crippen LogP contribution in [0.3, 0.4) is 0 Å². The number of hydrogen-bond donors (Lipinski definition) is 2. The average molecular weight is 554 g/mol. The summed E-state index contributed by atoms with van der Waals surface area (Å²) in [7, 11) is 0. The summed E-state index contributed by atoms with van der Waals surface area (Å²) in [5.74, 6) is 0.435. The molecule has 0 bridgehead atoms. The van der Waals surface area contributed by atoms with Gasteiger partial charge < -0.3 is 14.6 Å². The molecule has 0 radical (unpaired) electrons. The molecule has 0 aliphatic carbocycles. The summed E-state index contributed by atoms with van der Waals surface area (Å²) in [6, 6.07) is 21.7. The minimum atomic E-state index is -0.523. The van der Waals surface area contributed by atoms with Crippen LogP contribution in [0.1, 0.15) is 28.4 Å². The third-order valence-corrected chi connectivity index (χ3v) is 6.24. The zero-order valence-corrected chi connectivity index (χ0v) is 21.1. The number of amides is 1. The number of nitrogens with one attached hydrogen (secondary N) is 1. The number of fused-ring (bicyclic) bond motifs is 1. The van der Waals surface area contributed by atoms with E-state index >= 15 is 0 Å². The number of phenols is 1. The van der Waals surface area contributed by atoms with Gasteiger partial charge in [-0.1, -0.05) is 54.1 Å². The lowest BCUT2D eigenvalue weighted by Crippen LogP contribution is -2.17. The van der Waals surface area contributed by atoms with Crippen molar-refractivity contribution in [3.05, 3.63) is 99.0 Å². The van der Waals surface area contributed by atoms with Crippen molar-refractivity contribution in [2.75, 3.05) is 6.61 Å². The van der Waals surface area contributed by atoms with E-state index in [4.69, 9.17) is 21.1 Å². The number of benzene rings is 4. The number of hydrogen-bond acceptors (Lipinski definition) is 5. The molecule has 0 aliphatic rings. The molecule has 0 atom stereocenters. The predicted molar refractivity (Wildman–Crippen MR) is 142 cm³/mol. The highest BCUT2D eigenvalue weighted by Gasteiger charge is 2.13. The van der Waals surface area contributed by atoms with Gasteiger partial charge in [0.25, 0.3) is 5.91 Å². The van der Waals surface area contributed by atoms with Crippen LogP contribution in [0.2, 0.25) is 5.02 Å². The Balaban J connectivity index is 1.50. The Morgan fingerprint density at radius 2 is 1.71 bits per heavy atom. The number of carbonyl (C=O) groups is 1. The third-order valence-electron chi connectivity index (χ3n) is 5.18. The first-order valence-electron chi connectivity index (χ1n) is 10.8. The van der Waals surface area contributed by atoms with Crippen LogP contribution >= 0.6 is 27.5 Å². The second-order valence-electron chi connectivity index (χ2n) is 7.55.